The van der Waals surface area contributed by atoms with Crippen LogP contribution in [0.15, 0.2) is 65.3 Å². The minimum Gasteiger partial charge on any atom is -0.359 e. The third kappa shape index (κ3) is 5.32. The molecule has 0 aliphatic rings. The number of aliphatic imine (C=N–C) groups is 1. The van der Waals surface area contributed by atoms with Crippen LogP contribution in [0.3, 0.4) is 0 Å². The highest BCUT2D eigenvalue weighted by Crippen LogP contribution is 2.33. The number of para-hydroxylation sites is 2. The van der Waals surface area contributed by atoms with Crippen LogP contribution < -0.4 is 5.32 Å². The molecule has 0 amide bonds. The maximum Gasteiger partial charge on any atom is 0.0632 e. The fourth-order valence-corrected chi connectivity index (χ4v) is 2.98. The molecule has 0 spiro atoms. The molecule has 1 N–H and O–H groups in total. The van der Waals surface area contributed by atoms with Crippen molar-refractivity contribution in [2.24, 2.45) is 4.99 Å². The van der Waals surface area contributed by atoms with Gasteiger partial charge in [-0.3, -0.25) is 4.99 Å². The summed E-state index contributed by atoms with van der Waals surface area (Å²) in [6.07, 6.45) is 2.11. The van der Waals surface area contributed by atoms with E-state index >= 15 is 0 Å². The van der Waals surface area contributed by atoms with Gasteiger partial charge in [0.1, 0.15) is 0 Å². The van der Waals surface area contributed by atoms with Crippen LogP contribution in [-0.4, -0.2) is 5.71 Å². The van der Waals surface area contributed by atoms with Gasteiger partial charge in [-0.05, 0) is 55.0 Å². The van der Waals surface area contributed by atoms with Gasteiger partial charge < -0.3 is 5.32 Å². The molecule has 132 valence electrons. The number of benzene rings is 2. The molecule has 0 saturated carbocycles. The summed E-state index contributed by atoms with van der Waals surface area (Å²) < 4.78 is 0. The van der Waals surface area contributed by atoms with E-state index in [2.05, 4.69) is 69.2 Å². The topological polar surface area (TPSA) is 24.4 Å². The lowest BCUT2D eigenvalue weighted by molar-refractivity contribution is 0.837. The van der Waals surface area contributed by atoms with E-state index in [0.717, 1.165) is 17.1 Å². The van der Waals surface area contributed by atoms with E-state index in [1.165, 1.54) is 16.8 Å². The molecule has 0 aliphatic heterocycles. The Kier molecular flexibility index (Phi) is 6.58. The summed E-state index contributed by atoms with van der Waals surface area (Å²) in [7, 11) is 0. The Morgan fingerprint density at radius 3 is 1.92 bits per heavy atom. The van der Waals surface area contributed by atoms with Gasteiger partial charge >= 0.3 is 0 Å². The molecule has 0 aliphatic carbocycles. The van der Waals surface area contributed by atoms with Crippen molar-refractivity contribution in [2.75, 3.05) is 5.32 Å². The molecule has 2 nitrogen and oxygen atoms in total. The van der Waals surface area contributed by atoms with Gasteiger partial charge in [0.15, 0.2) is 0 Å². The summed E-state index contributed by atoms with van der Waals surface area (Å²) in [5.41, 5.74) is 7.04. The first-order valence-corrected chi connectivity index (χ1v) is 9.07. The summed E-state index contributed by atoms with van der Waals surface area (Å²) in [6, 6.07) is 16.7. The second-order valence-corrected chi connectivity index (χ2v) is 7.16. The number of hydrogen-bond donors (Lipinski definition) is 1. The highest BCUT2D eigenvalue weighted by molar-refractivity contribution is 5.95. The normalized spacial score (nSPS) is 12.8. The van der Waals surface area contributed by atoms with Crippen molar-refractivity contribution in [2.45, 2.75) is 53.4 Å². The van der Waals surface area contributed by atoms with Gasteiger partial charge in [-0.2, -0.15) is 0 Å². The number of anilines is 1. The van der Waals surface area contributed by atoms with E-state index in [0.29, 0.717) is 11.8 Å². The first-order chi connectivity index (χ1) is 11.9. The standard InChI is InChI=1S/C23H30N2/c1-16(2)21-13-10-14-22(17(3)4)23(21)25-19(6)15-18(5)24-20-11-8-7-9-12-20/h7-17,25H,1-6H3/b19-15-,24-18+. The molecule has 25 heavy (non-hydrogen) atoms. The van der Waals surface area contributed by atoms with Crippen molar-refractivity contribution < 1.29 is 0 Å². The number of rotatable bonds is 6. The van der Waals surface area contributed by atoms with Gasteiger partial charge in [0.2, 0.25) is 0 Å². The third-order valence-electron chi connectivity index (χ3n) is 4.18. The summed E-state index contributed by atoms with van der Waals surface area (Å²) in [4.78, 5) is 4.66. The molecule has 0 heterocycles. The lowest BCUT2D eigenvalue weighted by Gasteiger charge is -2.21. The van der Waals surface area contributed by atoms with Crippen LogP contribution in [0, 0.1) is 0 Å². The number of allylic oxidation sites excluding steroid dienone is 2. The zero-order chi connectivity index (χ0) is 18.4. The molecule has 0 fully saturated rings. The molecule has 2 heteroatoms. The van der Waals surface area contributed by atoms with Crippen LogP contribution in [0.2, 0.25) is 0 Å². The first kappa shape index (κ1) is 19.0. The Hall–Kier alpha value is -2.35. The molecule has 0 radical (unpaired) electrons. The van der Waals surface area contributed by atoms with Crippen molar-refractivity contribution in [1.82, 2.24) is 0 Å². The number of nitrogens with zero attached hydrogens (tertiary/aromatic N) is 1. The Labute approximate surface area is 152 Å². The summed E-state index contributed by atoms with van der Waals surface area (Å²) in [6.45, 7) is 13.1. The van der Waals surface area contributed by atoms with Crippen molar-refractivity contribution in [1.29, 1.82) is 0 Å². The molecule has 0 atom stereocenters. The molecule has 0 unspecified atom stereocenters. The van der Waals surface area contributed by atoms with Crippen molar-refractivity contribution in [3.05, 3.63) is 71.4 Å². The highest BCUT2D eigenvalue weighted by Gasteiger charge is 2.13. The Morgan fingerprint density at radius 2 is 1.40 bits per heavy atom. The summed E-state index contributed by atoms with van der Waals surface area (Å²) >= 11 is 0. The second-order valence-electron chi connectivity index (χ2n) is 7.16. The number of nitrogens with one attached hydrogen (secondary N) is 1. The van der Waals surface area contributed by atoms with Crippen LogP contribution in [0.5, 0.6) is 0 Å². The first-order valence-electron chi connectivity index (χ1n) is 9.07. The van der Waals surface area contributed by atoms with Gasteiger partial charge in [0.25, 0.3) is 0 Å². The molecular formula is C23H30N2. The summed E-state index contributed by atoms with van der Waals surface area (Å²) in [5.74, 6) is 0.959. The largest absolute Gasteiger partial charge is 0.359 e. The van der Waals surface area contributed by atoms with E-state index < -0.39 is 0 Å². The molecular weight excluding hydrogens is 304 g/mol. The predicted octanol–water partition coefficient (Wildman–Crippen LogP) is 7.04. The maximum absolute atomic E-state index is 4.66. The average molecular weight is 335 g/mol. The Balaban J connectivity index is 2.30. The zero-order valence-corrected chi connectivity index (χ0v) is 16.3. The lowest BCUT2D eigenvalue weighted by atomic mass is 9.92. The Morgan fingerprint density at radius 1 is 0.840 bits per heavy atom. The van der Waals surface area contributed by atoms with Gasteiger partial charge in [-0.15, -0.1) is 0 Å². The van der Waals surface area contributed by atoms with Gasteiger partial charge in [0.05, 0.1) is 5.69 Å². The minimum atomic E-state index is 0.480. The smallest absolute Gasteiger partial charge is 0.0632 e. The molecule has 2 rings (SSSR count). The zero-order valence-electron chi connectivity index (χ0n) is 16.3. The molecule has 0 aromatic heterocycles. The monoisotopic (exact) mass is 334 g/mol. The predicted molar refractivity (Wildman–Crippen MR) is 111 cm³/mol. The highest BCUT2D eigenvalue weighted by atomic mass is 14.9. The second kappa shape index (κ2) is 8.66. The molecule has 2 aromatic carbocycles. The van der Waals surface area contributed by atoms with Gasteiger partial charge in [-0.1, -0.05) is 64.1 Å². The van der Waals surface area contributed by atoms with Crippen LogP contribution >= 0.6 is 0 Å². The molecule has 0 bridgehead atoms. The lowest BCUT2D eigenvalue weighted by Crippen LogP contribution is -2.07. The number of hydrogen-bond acceptors (Lipinski definition) is 2. The molecule has 0 saturated heterocycles. The maximum atomic E-state index is 4.66. The van der Waals surface area contributed by atoms with Crippen molar-refractivity contribution in [3.8, 4) is 0 Å². The average Bonchev–Trinajstić information content (AvgIpc) is 2.55. The quantitative estimate of drug-likeness (QED) is 0.563. The fourth-order valence-electron chi connectivity index (χ4n) is 2.98. The third-order valence-corrected chi connectivity index (χ3v) is 4.18. The SMILES string of the molecule is C/C(=C/C(C)=N/c1ccccc1)Nc1c(C(C)C)cccc1C(C)C. The van der Waals surface area contributed by atoms with E-state index in [-0.39, 0.29) is 0 Å². The van der Waals surface area contributed by atoms with Crippen LogP contribution in [0.1, 0.15) is 64.5 Å². The van der Waals surface area contributed by atoms with E-state index in [9.17, 15) is 0 Å². The summed E-state index contributed by atoms with van der Waals surface area (Å²) in [5, 5.41) is 3.64. The minimum absolute atomic E-state index is 0.480. The molecule has 2 aromatic rings. The van der Waals surface area contributed by atoms with E-state index in [1.807, 2.05) is 37.3 Å². The van der Waals surface area contributed by atoms with Crippen molar-refractivity contribution in [3.63, 3.8) is 0 Å². The fraction of sp³-hybridized carbons (Fsp3) is 0.348. The Bertz CT molecular complexity index is 727. The van der Waals surface area contributed by atoms with Crippen molar-refractivity contribution >= 4 is 17.1 Å². The van der Waals surface area contributed by atoms with E-state index in [4.69, 9.17) is 0 Å². The van der Waals surface area contributed by atoms with Crippen LogP contribution in [0.25, 0.3) is 0 Å². The van der Waals surface area contributed by atoms with Gasteiger partial charge in [0, 0.05) is 17.1 Å². The van der Waals surface area contributed by atoms with E-state index in [1.54, 1.807) is 0 Å². The van der Waals surface area contributed by atoms with Crippen LogP contribution in [0.4, 0.5) is 11.4 Å². The van der Waals surface area contributed by atoms with Crippen LogP contribution in [-0.2, 0) is 0 Å². The van der Waals surface area contributed by atoms with Gasteiger partial charge in [-0.25, -0.2) is 0 Å².